The minimum absolute atomic E-state index is 0.0521. The summed E-state index contributed by atoms with van der Waals surface area (Å²) in [6.07, 6.45) is 3.32. The second-order valence-corrected chi connectivity index (χ2v) is 5.60. The van der Waals surface area contributed by atoms with Crippen LogP contribution < -0.4 is 5.32 Å². The zero-order valence-electron chi connectivity index (χ0n) is 13.3. The third kappa shape index (κ3) is 3.01. The molecule has 0 aliphatic carbocycles. The molecule has 1 aromatic heterocycles. The lowest BCUT2D eigenvalue weighted by Gasteiger charge is -2.13. The Bertz CT molecular complexity index is 862. The molecule has 0 fully saturated rings. The summed E-state index contributed by atoms with van der Waals surface area (Å²) < 4.78 is 1.83. The van der Waals surface area contributed by atoms with E-state index in [0.717, 1.165) is 27.6 Å². The Labute approximate surface area is 135 Å². The smallest absolute Gasteiger partial charge is 0.243 e. The molecule has 1 heterocycles. The summed E-state index contributed by atoms with van der Waals surface area (Å²) in [5.74, 6) is -0.165. The van der Waals surface area contributed by atoms with Crippen molar-refractivity contribution in [3.05, 3.63) is 66.9 Å². The number of nitrogens with zero attached hydrogens (tertiary/aromatic N) is 2. The summed E-state index contributed by atoms with van der Waals surface area (Å²) >= 11 is 0. The van der Waals surface area contributed by atoms with E-state index in [1.807, 2.05) is 49.1 Å². The molecule has 0 bridgehead atoms. The molecule has 116 valence electrons. The van der Waals surface area contributed by atoms with E-state index in [1.165, 1.54) is 6.08 Å². The zero-order valence-corrected chi connectivity index (χ0v) is 13.3. The Morgan fingerprint density at radius 1 is 1.26 bits per heavy atom. The first-order chi connectivity index (χ1) is 11.1. The zero-order chi connectivity index (χ0) is 16.4. The van der Waals surface area contributed by atoms with Gasteiger partial charge in [0.05, 0.1) is 11.6 Å². The summed E-state index contributed by atoms with van der Waals surface area (Å²) in [7, 11) is 1.93. The molecule has 1 atom stereocenters. The largest absolute Gasteiger partial charge is 0.346 e. The predicted octanol–water partition coefficient (Wildman–Crippen LogP) is 3.60. The van der Waals surface area contributed by atoms with Gasteiger partial charge in [0.1, 0.15) is 0 Å². The highest BCUT2D eigenvalue weighted by molar-refractivity contribution is 5.94. The molecule has 23 heavy (non-hydrogen) atoms. The fourth-order valence-electron chi connectivity index (χ4n) is 2.72. The lowest BCUT2D eigenvalue weighted by atomic mass is 9.99. The Balaban J connectivity index is 1.92. The molecule has 4 heteroatoms. The van der Waals surface area contributed by atoms with Gasteiger partial charge < -0.3 is 5.32 Å². The lowest BCUT2D eigenvalue weighted by molar-refractivity contribution is -0.117. The van der Waals surface area contributed by atoms with E-state index in [9.17, 15) is 4.79 Å². The van der Waals surface area contributed by atoms with Gasteiger partial charge in [-0.15, -0.1) is 0 Å². The Hall–Kier alpha value is -2.88. The first-order valence-corrected chi connectivity index (χ1v) is 7.54. The van der Waals surface area contributed by atoms with Gasteiger partial charge in [-0.1, -0.05) is 43.0 Å². The first kappa shape index (κ1) is 15.0. The number of hydrogen-bond acceptors (Lipinski definition) is 2. The van der Waals surface area contributed by atoms with Crippen molar-refractivity contribution in [2.45, 2.75) is 13.0 Å². The third-order valence-corrected chi connectivity index (χ3v) is 3.93. The average Bonchev–Trinajstić information content (AvgIpc) is 2.94. The molecule has 0 saturated heterocycles. The Morgan fingerprint density at radius 3 is 2.70 bits per heavy atom. The van der Waals surface area contributed by atoms with Gasteiger partial charge in [-0.25, -0.2) is 0 Å². The van der Waals surface area contributed by atoms with E-state index < -0.39 is 0 Å². The van der Waals surface area contributed by atoms with Crippen LogP contribution in [0.15, 0.2) is 61.3 Å². The van der Waals surface area contributed by atoms with Crippen LogP contribution in [-0.4, -0.2) is 15.7 Å². The van der Waals surface area contributed by atoms with E-state index in [4.69, 9.17) is 0 Å². The number of fused-ring (bicyclic) bond motifs is 1. The van der Waals surface area contributed by atoms with Crippen LogP contribution in [-0.2, 0) is 11.8 Å². The van der Waals surface area contributed by atoms with Gasteiger partial charge >= 0.3 is 0 Å². The van der Waals surface area contributed by atoms with Crippen LogP contribution in [0.25, 0.3) is 22.0 Å². The van der Waals surface area contributed by atoms with Crippen LogP contribution in [0.2, 0.25) is 0 Å². The molecule has 1 N–H and O–H groups in total. The molecule has 0 unspecified atom stereocenters. The molecule has 3 rings (SSSR count). The second kappa shape index (κ2) is 6.08. The molecule has 1 amide bonds. The molecule has 0 saturated carbocycles. The number of aromatic nitrogens is 2. The molecule has 0 spiro atoms. The molecule has 0 aliphatic rings. The number of carbonyl (C=O) groups excluding carboxylic acids is 1. The van der Waals surface area contributed by atoms with E-state index >= 15 is 0 Å². The fraction of sp³-hybridized carbons (Fsp3) is 0.158. The number of amides is 1. The van der Waals surface area contributed by atoms with Crippen LogP contribution in [0.4, 0.5) is 0 Å². The van der Waals surface area contributed by atoms with Gasteiger partial charge in [-0.2, -0.15) is 5.10 Å². The highest BCUT2D eigenvalue weighted by atomic mass is 16.1. The van der Waals surface area contributed by atoms with Crippen molar-refractivity contribution in [3.63, 3.8) is 0 Å². The van der Waals surface area contributed by atoms with Crippen LogP contribution in [0, 0.1) is 0 Å². The molecular formula is C19H19N3O. The fourth-order valence-corrected chi connectivity index (χ4v) is 2.72. The van der Waals surface area contributed by atoms with Gasteiger partial charge in [0.25, 0.3) is 0 Å². The molecule has 4 nitrogen and oxygen atoms in total. The molecule has 0 aliphatic heterocycles. The van der Waals surface area contributed by atoms with Crippen molar-refractivity contribution in [3.8, 4) is 11.1 Å². The minimum atomic E-state index is -0.165. The number of aryl methyl sites for hydroxylation is 1. The van der Waals surface area contributed by atoms with Gasteiger partial charge in [0, 0.05) is 18.6 Å². The van der Waals surface area contributed by atoms with Crippen LogP contribution >= 0.6 is 0 Å². The maximum atomic E-state index is 11.4. The maximum absolute atomic E-state index is 11.4. The van der Waals surface area contributed by atoms with Gasteiger partial charge in [0.2, 0.25) is 5.91 Å². The maximum Gasteiger partial charge on any atom is 0.243 e. The van der Waals surface area contributed by atoms with Crippen molar-refractivity contribution in [2.24, 2.45) is 7.05 Å². The van der Waals surface area contributed by atoms with Crippen molar-refractivity contribution < 1.29 is 4.79 Å². The van der Waals surface area contributed by atoms with Crippen molar-refractivity contribution >= 4 is 16.8 Å². The van der Waals surface area contributed by atoms with Gasteiger partial charge in [0.15, 0.2) is 0 Å². The van der Waals surface area contributed by atoms with E-state index in [1.54, 1.807) is 0 Å². The van der Waals surface area contributed by atoms with Crippen LogP contribution in [0.1, 0.15) is 18.5 Å². The third-order valence-electron chi connectivity index (χ3n) is 3.93. The topological polar surface area (TPSA) is 46.9 Å². The van der Waals surface area contributed by atoms with Crippen molar-refractivity contribution in [1.29, 1.82) is 0 Å². The quantitative estimate of drug-likeness (QED) is 0.749. The Morgan fingerprint density at radius 2 is 2.00 bits per heavy atom. The van der Waals surface area contributed by atoms with Gasteiger partial charge in [-0.3, -0.25) is 9.48 Å². The van der Waals surface area contributed by atoms with E-state index in [-0.39, 0.29) is 11.9 Å². The van der Waals surface area contributed by atoms with Crippen LogP contribution in [0.3, 0.4) is 0 Å². The molecular weight excluding hydrogens is 286 g/mol. The first-order valence-electron chi connectivity index (χ1n) is 7.54. The summed E-state index contributed by atoms with van der Waals surface area (Å²) in [6.45, 7) is 5.43. The van der Waals surface area contributed by atoms with Crippen molar-refractivity contribution in [2.75, 3.05) is 0 Å². The summed E-state index contributed by atoms with van der Waals surface area (Å²) in [4.78, 5) is 11.4. The summed E-state index contributed by atoms with van der Waals surface area (Å²) in [5, 5.41) is 8.45. The number of hydrogen-bond donors (Lipinski definition) is 1. The number of carbonyl (C=O) groups is 1. The standard InChI is InChI=1S/C19H19N3O/c1-4-19(23)20-13(2)14-8-10-15(11-9-14)16-6-5-7-18-17(16)12-22(3)21-18/h4-13H,1H2,2-3H3,(H,20,23)/t13-/m1/s1. The summed E-state index contributed by atoms with van der Waals surface area (Å²) in [5.41, 5.74) is 4.34. The number of rotatable bonds is 4. The normalized spacial score (nSPS) is 12.1. The predicted molar refractivity (Wildman–Crippen MR) is 92.9 cm³/mol. The minimum Gasteiger partial charge on any atom is -0.346 e. The highest BCUT2D eigenvalue weighted by Gasteiger charge is 2.09. The molecule has 0 radical (unpaired) electrons. The van der Waals surface area contributed by atoms with Crippen LogP contribution in [0.5, 0.6) is 0 Å². The molecule has 3 aromatic rings. The number of nitrogens with one attached hydrogen (secondary N) is 1. The Kier molecular flexibility index (Phi) is 3.98. The SMILES string of the molecule is C=CC(=O)N[C@H](C)c1ccc(-c2cccc3nn(C)cc23)cc1. The van der Waals surface area contributed by atoms with E-state index in [2.05, 4.69) is 35.2 Å². The molecule has 2 aromatic carbocycles. The number of benzene rings is 2. The van der Waals surface area contributed by atoms with E-state index in [0.29, 0.717) is 0 Å². The van der Waals surface area contributed by atoms with Gasteiger partial charge in [-0.05, 0) is 35.8 Å². The average molecular weight is 305 g/mol. The summed E-state index contributed by atoms with van der Waals surface area (Å²) in [6, 6.07) is 14.3. The second-order valence-electron chi connectivity index (χ2n) is 5.60. The monoisotopic (exact) mass is 305 g/mol. The highest BCUT2D eigenvalue weighted by Crippen LogP contribution is 2.28. The lowest BCUT2D eigenvalue weighted by Crippen LogP contribution is -2.24. The van der Waals surface area contributed by atoms with Crippen molar-refractivity contribution in [1.82, 2.24) is 15.1 Å².